The molecule has 1 rings (SSSR count). The summed E-state index contributed by atoms with van der Waals surface area (Å²) in [5, 5.41) is 0. The van der Waals surface area contributed by atoms with E-state index < -0.39 is 0 Å². The maximum atomic E-state index is 11.0. The zero-order valence-electron chi connectivity index (χ0n) is 11.2. The highest BCUT2D eigenvalue weighted by Gasteiger charge is 2.46. The minimum atomic E-state index is -0.119. The Bertz CT molecular complexity index is 229. The van der Waals surface area contributed by atoms with Crippen LogP contribution in [-0.2, 0) is 9.53 Å². The highest BCUT2D eigenvalue weighted by Crippen LogP contribution is 2.45. The second-order valence-electron chi connectivity index (χ2n) is 5.91. The van der Waals surface area contributed by atoms with E-state index in [0.717, 1.165) is 25.2 Å². The molecule has 0 aromatic heterocycles. The lowest BCUT2D eigenvalue weighted by molar-refractivity contribution is -0.149. The first kappa shape index (κ1) is 13.5. The number of carbonyl (C=O) groups is 1. The predicted octanol–water partition coefficient (Wildman–Crippen LogP) is 3.93. The maximum absolute atomic E-state index is 11.0. The molecule has 0 N–H and O–H groups in total. The van der Waals surface area contributed by atoms with Gasteiger partial charge in [0.1, 0.15) is 5.60 Å². The minimum Gasteiger partial charge on any atom is -0.459 e. The number of esters is 1. The standard InChI is InChI=1S/C14H26O2/c1-11(2)6-5-7-12(3)10-14(8-9-14)16-13(4)15/h11-12H,5-10H2,1-4H3. The van der Waals surface area contributed by atoms with Gasteiger partial charge in [0.25, 0.3) is 0 Å². The Morgan fingerprint density at radius 2 is 1.88 bits per heavy atom. The van der Waals surface area contributed by atoms with Crippen molar-refractivity contribution in [3.63, 3.8) is 0 Å². The van der Waals surface area contributed by atoms with Crippen molar-refractivity contribution in [2.45, 2.75) is 71.8 Å². The molecule has 0 heterocycles. The number of hydrogen-bond donors (Lipinski definition) is 0. The van der Waals surface area contributed by atoms with Gasteiger partial charge < -0.3 is 4.74 Å². The second kappa shape index (κ2) is 5.70. The molecule has 0 bridgehead atoms. The fourth-order valence-electron chi connectivity index (χ4n) is 2.40. The van der Waals surface area contributed by atoms with Crippen molar-refractivity contribution in [3.8, 4) is 0 Å². The van der Waals surface area contributed by atoms with Crippen molar-refractivity contribution in [1.29, 1.82) is 0 Å². The molecule has 2 nitrogen and oxygen atoms in total. The summed E-state index contributed by atoms with van der Waals surface area (Å²) in [7, 11) is 0. The number of rotatable bonds is 7. The first-order valence-corrected chi connectivity index (χ1v) is 6.63. The lowest BCUT2D eigenvalue weighted by Gasteiger charge is -2.20. The van der Waals surface area contributed by atoms with Crippen LogP contribution in [0.4, 0.5) is 0 Å². The van der Waals surface area contributed by atoms with Crippen LogP contribution in [0.3, 0.4) is 0 Å². The van der Waals surface area contributed by atoms with Crippen LogP contribution < -0.4 is 0 Å². The molecular weight excluding hydrogens is 200 g/mol. The molecule has 0 amide bonds. The molecular formula is C14H26O2. The molecule has 1 aliphatic carbocycles. The highest BCUT2D eigenvalue weighted by atomic mass is 16.6. The Morgan fingerprint density at radius 1 is 1.25 bits per heavy atom. The minimum absolute atomic E-state index is 0.0664. The van der Waals surface area contributed by atoms with Gasteiger partial charge in [0.15, 0.2) is 0 Å². The fraction of sp³-hybridized carbons (Fsp3) is 0.929. The molecule has 94 valence electrons. The van der Waals surface area contributed by atoms with E-state index in [4.69, 9.17) is 4.74 Å². The van der Waals surface area contributed by atoms with Crippen molar-refractivity contribution in [3.05, 3.63) is 0 Å². The molecule has 1 saturated carbocycles. The predicted molar refractivity (Wildman–Crippen MR) is 66.2 cm³/mol. The van der Waals surface area contributed by atoms with Gasteiger partial charge in [-0.25, -0.2) is 0 Å². The summed E-state index contributed by atoms with van der Waals surface area (Å²) in [4.78, 5) is 11.0. The normalized spacial score (nSPS) is 19.6. The molecule has 0 radical (unpaired) electrons. The molecule has 2 heteroatoms. The van der Waals surface area contributed by atoms with E-state index in [1.165, 1.54) is 26.2 Å². The summed E-state index contributed by atoms with van der Waals surface area (Å²) >= 11 is 0. The van der Waals surface area contributed by atoms with Crippen molar-refractivity contribution in [2.24, 2.45) is 11.8 Å². The summed E-state index contributed by atoms with van der Waals surface area (Å²) in [5.74, 6) is 1.36. The molecule has 0 aromatic rings. The van der Waals surface area contributed by atoms with Crippen LogP contribution >= 0.6 is 0 Å². The van der Waals surface area contributed by atoms with Gasteiger partial charge in [-0.15, -0.1) is 0 Å². The van der Waals surface area contributed by atoms with Crippen molar-refractivity contribution >= 4 is 5.97 Å². The zero-order chi connectivity index (χ0) is 12.2. The molecule has 0 aliphatic heterocycles. The molecule has 0 spiro atoms. The molecule has 1 aliphatic rings. The van der Waals surface area contributed by atoms with Crippen LogP contribution in [0.25, 0.3) is 0 Å². The number of hydrogen-bond acceptors (Lipinski definition) is 2. The third kappa shape index (κ3) is 5.00. The van der Waals surface area contributed by atoms with E-state index >= 15 is 0 Å². The Balaban J connectivity index is 2.18. The molecule has 0 saturated heterocycles. The third-order valence-electron chi connectivity index (χ3n) is 3.37. The highest BCUT2D eigenvalue weighted by molar-refractivity contribution is 5.66. The summed E-state index contributed by atoms with van der Waals surface area (Å²) in [6.45, 7) is 8.34. The first-order chi connectivity index (χ1) is 7.43. The topological polar surface area (TPSA) is 26.3 Å². The average molecular weight is 226 g/mol. The largest absolute Gasteiger partial charge is 0.459 e. The molecule has 1 fully saturated rings. The van der Waals surface area contributed by atoms with Gasteiger partial charge in [0.05, 0.1) is 0 Å². The Kier molecular flexibility index (Phi) is 4.82. The monoisotopic (exact) mass is 226 g/mol. The van der Waals surface area contributed by atoms with E-state index in [0.29, 0.717) is 5.92 Å². The van der Waals surface area contributed by atoms with Gasteiger partial charge in [-0.2, -0.15) is 0 Å². The van der Waals surface area contributed by atoms with Gasteiger partial charge in [0.2, 0.25) is 0 Å². The Labute approximate surface area is 99.8 Å². The second-order valence-corrected chi connectivity index (χ2v) is 5.91. The van der Waals surface area contributed by atoms with Gasteiger partial charge in [-0.05, 0) is 31.1 Å². The van der Waals surface area contributed by atoms with E-state index in [2.05, 4.69) is 20.8 Å². The molecule has 16 heavy (non-hydrogen) atoms. The van der Waals surface area contributed by atoms with Crippen molar-refractivity contribution in [1.82, 2.24) is 0 Å². The molecule has 1 unspecified atom stereocenters. The SMILES string of the molecule is CC(=O)OC1(CC(C)CCCC(C)C)CC1. The van der Waals surface area contributed by atoms with Crippen LogP contribution in [0.1, 0.15) is 66.2 Å². The molecule has 0 aromatic carbocycles. The molecule has 1 atom stereocenters. The smallest absolute Gasteiger partial charge is 0.303 e. The van der Waals surface area contributed by atoms with E-state index in [-0.39, 0.29) is 11.6 Å². The average Bonchev–Trinajstić information content (AvgIpc) is 2.82. The number of carbonyl (C=O) groups excluding carboxylic acids is 1. The fourth-order valence-corrected chi connectivity index (χ4v) is 2.40. The van der Waals surface area contributed by atoms with Gasteiger partial charge >= 0.3 is 5.97 Å². The van der Waals surface area contributed by atoms with E-state index in [1.54, 1.807) is 0 Å². The van der Waals surface area contributed by atoms with Crippen LogP contribution in [-0.4, -0.2) is 11.6 Å². The van der Waals surface area contributed by atoms with Crippen molar-refractivity contribution in [2.75, 3.05) is 0 Å². The van der Waals surface area contributed by atoms with Crippen LogP contribution in [0.5, 0.6) is 0 Å². The lowest BCUT2D eigenvalue weighted by atomic mass is 9.94. The van der Waals surface area contributed by atoms with E-state index in [9.17, 15) is 4.79 Å². The van der Waals surface area contributed by atoms with Crippen molar-refractivity contribution < 1.29 is 9.53 Å². The van der Waals surface area contributed by atoms with Crippen LogP contribution in [0.2, 0.25) is 0 Å². The summed E-state index contributed by atoms with van der Waals surface area (Å²) < 4.78 is 5.41. The number of ether oxygens (including phenoxy) is 1. The third-order valence-corrected chi connectivity index (χ3v) is 3.37. The summed E-state index contributed by atoms with van der Waals surface area (Å²) in [6, 6.07) is 0. The maximum Gasteiger partial charge on any atom is 0.303 e. The van der Waals surface area contributed by atoms with E-state index in [1.807, 2.05) is 0 Å². The van der Waals surface area contributed by atoms with Gasteiger partial charge in [-0.1, -0.05) is 40.0 Å². The van der Waals surface area contributed by atoms with Gasteiger partial charge in [-0.3, -0.25) is 4.79 Å². The Morgan fingerprint density at radius 3 is 2.31 bits per heavy atom. The van der Waals surface area contributed by atoms with Crippen LogP contribution in [0.15, 0.2) is 0 Å². The first-order valence-electron chi connectivity index (χ1n) is 6.63. The Hall–Kier alpha value is -0.530. The lowest BCUT2D eigenvalue weighted by Crippen LogP contribution is -2.20. The zero-order valence-corrected chi connectivity index (χ0v) is 11.2. The summed E-state index contributed by atoms with van der Waals surface area (Å²) in [6.07, 6.45) is 7.08. The quantitative estimate of drug-likeness (QED) is 0.615. The van der Waals surface area contributed by atoms with Crippen LogP contribution in [0, 0.1) is 11.8 Å². The summed E-state index contributed by atoms with van der Waals surface area (Å²) in [5.41, 5.74) is -0.0664. The van der Waals surface area contributed by atoms with Gasteiger partial charge in [0, 0.05) is 6.92 Å².